The van der Waals surface area contributed by atoms with Crippen LogP contribution >= 0.6 is 11.6 Å². The molecule has 0 fully saturated rings. The predicted molar refractivity (Wildman–Crippen MR) is 122 cm³/mol. The minimum Gasteiger partial charge on any atom is -0.326 e. The Morgan fingerprint density at radius 1 is 1.10 bits per heavy atom. The number of para-hydroxylation sites is 1. The van der Waals surface area contributed by atoms with Crippen LogP contribution < -0.4 is 16.2 Å². The third kappa shape index (κ3) is 5.38. The minimum atomic E-state index is -0.414. The third-order valence-corrected chi connectivity index (χ3v) is 5.06. The highest BCUT2D eigenvalue weighted by Gasteiger charge is 2.12. The molecule has 8 heteroatoms. The number of anilines is 2. The number of halogens is 1. The van der Waals surface area contributed by atoms with Gasteiger partial charge in [-0.15, -0.1) is 0 Å². The summed E-state index contributed by atoms with van der Waals surface area (Å²) >= 11 is 6.16. The molecule has 3 rings (SSSR count). The molecule has 2 amide bonds. The van der Waals surface area contributed by atoms with E-state index in [1.165, 1.54) is 13.0 Å². The summed E-state index contributed by atoms with van der Waals surface area (Å²) in [6, 6.07) is 13.8. The molecule has 0 radical (unpaired) electrons. The minimum absolute atomic E-state index is 0.170. The lowest BCUT2D eigenvalue weighted by atomic mass is 10.0. The van der Waals surface area contributed by atoms with Crippen LogP contribution in [0.1, 0.15) is 25.0 Å². The maximum absolute atomic E-state index is 12.5. The van der Waals surface area contributed by atoms with Gasteiger partial charge in [0, 0.05) is 24.2 Å². The van der Waals surface area contributed by atoms with Gasteiger partial charge < -0.3 is 10.6 Å². The molecule has 0 aliphatic rings. The number of amides is 2. The highest BCUT2D eigenvalue weighted by molar-refractivity contribution is 6.33. The van der Waals surface area contributed by atoms with Gasteiger partial charge in [0.1, 0.15) is 6.54 Å². The highest BCUT2D eigenvalue weighted by Crippen LogP contribution is 2.26. The van der Waals surface area contributed by atoms with Crippen molar-refractivity contribution in [2.24, 2.45) is 0 Å². The van der Waals surface area contributed by atoms with Gasteiger partial charge in [0.25, 0.3) is 5.56 Å². The molecular weight excluding hydrogens is 416 g/mol. The van der Waals surface area contributed by atoms with Crippen LogP contribution in [-0.4, -0.2) is 21.6 Å². The first kappa shape index (κ1) is 22.2. The van der Waals surface area contributed by atoms with Crippen molar-refractivity contribution in [1.82, 2.24) is 9.78 Å². The molecule has 31 heavy (non-hydrogen) atoms. The first-order valence-corrected chi connectivity index (χ1v) is 10.2. The molecule has 3 aromatic rings. The van der Waals surface area contributed by atoms with Crippen LogP contribution in [0, 0.1) is 6.92 Å². The fourth-order valence-electron chi connectivity index (χ4n) is 3.17. The Balaban J connectivity index is 1.88. The summed E-state index contributed by atoms with van der Waals surface area (Å²) in [6.07, 6.45) is 0.754. The molecule has 0 saturated heterocycles. The molecule has 1 heterocycles. The predicted octanol–water partition coefficient (Wildman–Crippen LogP) is 4.03. The first-order valence-electron chi connectivity index (χ1n) is 9.82. The number of hydrogen-bond acceptors (Lipinski definition) is 4. The van der Waals surface area contributed by atoms with E-state index in [2.05, 4.69) is 15.7 Å². The van der Waals surface area contributed by atoms with Crippen LogP contribution in [0.2, 0.25) is 5.02 Å². The van der Waals surface area contributed by atoms with Crippen LogP contribution in [0.25, 0.3) is 11.3 Å². The average molecular weight is 439 g/mol. The van der Waals surface area contributed by atoms with Gasteiger partial charge in [-0.1, -0.05) is 42.8 Å². The fourth-order valence-corrected chi connectivity index (χ4v) is 3.44. The SMILES string of the molecule is CCc1ccc(-c2ccc(=O)n(CC(=O)Nc3c(C)cccc3Cl)n2)cc1NC(C)=O. The lowest BCUT2D eigenvalue weighted by Crippen LogP contribution is -2.29. The number of carbonyl (C=O) groups is 2. The van der Waals surface area contributed by atoms with Crippen molar-refractivity contribution in [3.8, 4) is 11.3 Å². The van der Waals surface area contributed by atoms with Gasteiger partial charge in [-0.05, 0) is 42.7 Å². The summed E-state index contributed by atoms with van der Waals surface area (Å²) in [5.74, 6) is -0.584. The van der Waals surface area contributed by atoms with E-state index in [4.69, 9.17) is 11.6 Å². The van der Waals surface area contributed by atoms with Crippen molar-refractivity contribution in [1.29, 1.82) is 0 Å². The van der Waals surface area contributed by atoms with Crippen molar-refractivity contribution >= 4 is 34.8 Å². The van der Waals surface area contributed by atoms with Crippen molar-refractivity contribution in [2.75, 3.05) is 10.6 Å². The fraction of sp³-hybridized carbons (Fsp3) is 0.217. The zero-order chi connectivity index (χ0) is 22.5. The normalized spacial score (nSPS) is 10.6. The molecule has 0 saturated carbocycles. The number of hydrogen-bond donors (Lipinski definition) is 2. The van der Waals surface area contributed by atoms with Gasteiger partial charge in [0.2, 0.25) is 11.8 Å². The Hall–Kier alpha value is -3.45. The van der Waals surface area contributed by atoms with Crippen LogP contribution in [0.15, 0.2) is 53.3 Å². The van der Waals surface area contributed by atoms with Crippen LogP contribution in [0.3, 0.4) is 0 Å². The second kappa shape index (κ2) is 9.57. The van der Waals surface area contributed by atoms with E-state index >= 15 is 0 Å². The van der Waals surface area contributed by atoms with E-state index < -0.39 is 11.5 Å². The molecule has 0 aliphatic carbocycles. The van der Waals surface area contributed by atoms with Crippen molar-refractivity contribution in [2.45, 2.75) is 33.7 Å². The molecule has 0 spiro atoms. The smallest absolute Gasteiger partial charge is 0.267 e. The van der Waals surface area contributed by atoms with Gasteiger partial charge in [-0.3, -0.25) is 14.4 Å². The summed E-state index contributed by atoms with van der Waals surface area (Å²) in [4.78, 5) is 36.3. The number of rotatable bonds is 6. The van der Waals surface area contributed by atoms with Crippen LogP contribution in [0.5, 0.6) is 0 Å². The van der Waals surface area contributed by atoms with Gasteiger partial charge in [0.15, 0.2) is 0 Å². The van der Waals surface area contributed by atoms with Gasteiger partial charge in [-0.25, -0.2) is 4.68 Å². The second-order valence-electron chi connectivity index (χ2n) is 7.10. The Morgan fingerprint density at radius 2 is 1.87 bits per heavy atom. The van der Waals surface area contributed by atoms with Crippen LogP contribution in [-0.2, 0) is 22.6 Å². The van der Waals surface area contributed by atoms with E-state index in [0.717, 1.165) is 27.8 Å². The monoisotopic (exact) mass is 438 g/mol. The summed E-state index contributed by atoms with van der Waals surface area (Å²) < 4.78 is 1.10. The molecular formula is C23H23ClN4O3. The largest absolute Gasteiger partial charge is 0.326 e. The van der Waals surface area contributed by atoms with Gasteiger partial charge in [0.05, 0.1) is 16.4 Å². The van der Waals surface area contributed by atoms with Crippen molar-refractivity contribution in [3.63, 3.8) is 0 Å². The summed E-state index contributed by atoms with van der Waals surface area (Å²) in [7, 11) is 0. The van der Waals surface area contributed by atoms with E-state index in [0.29, 0.717) is 22.1 Å². The number of nitrogens with one attached hydrogen (secondary N) is 2. The van der Waals surface area contributed by atoms with Crippen LogP contribution in [0.4, 0.5) is 11.4 Å². The van der Waals surface area contributed by atoms with E-state index in [9.17, 15) is 14.4 Å². The number of carbonyl (C=O) groups excluding carboxylic acids is 2. The molecule has 160 valence electrons. The van der Waals surface area contributed by atoms with Crippen molar-refractivity contribution < 1.29 is 9.59 Å². The Kier molecular flexibility index (Phi) is 6.87. The maximum atomic E-state index is 12.5. The molecule has 2 aromatic carbocycles. The molecule has 0 bridgehead atoms. The van der Waals surface area contributed by atoms with Gasteiger partial charge in [-0.2, -0.15) is 5.10 Å². The maximum Gasteiger partial charge on any atom is 0.267 e. The molecule has 7 nitrogen and oxygen atoms in total. The number of aromatic nitrogens is 2. The molecule has 0 unspecified atom stereocenters. The Labute approximate surface area is 185 Å². The Morgan fingerprint density at radius 3 is 2.55 bits per heavy atom. The zero-order valence-corrected chi connectivity index (χ0v) is 18.3. The summed E-state index contributed by atoms with van der Waals surface area (Å²) in [5.41, 5.74) is 3.83. The standard InChI is InChI=1S/C23H23ClN4O3/c1-4-16-8-9-17(12-20(16)25-15(3)29)19-10-11-22(31)28(27-19)13-21(30)26-23-14(2)6-5-7-18(23)24/h5-12H,4,13H2,1-3H3,(H,25,29)(H,26,30). The molecule has 0 aliphatic heterocycles. The first-order chi connectivity index (χ1) is 14.8. The molecule has 0 atom stereocenters. The van der Waals surface area contributed by atoms with Crippen molar-refractivity contribution in [3.05, 3.63) is 75.0 Å². The number of nitrogens with zero attached hydrogens (tertiary/aromatic N) is 2. The summed E-state index contributed by atoms with van der Waals surface area (Å²) in [5, 5.41) is 10.3. The second-order valence-corrected chi connectivity index (χ2v) is 7.51. The lowest BCUT2D eigenvalue weighted by Gasteiger charge is -2.13. The summed E-state index contributed by atoms with van der Waals surface area (Å²) in [6.45, 7) is 5.02. The lowest BCUT2D eigenvalue weighted by molar-refractivity contribution is -0.117. The number of benzene rings is 2. The highest BCUT2D eigenvalue weighted by atomic mass is 35.5. The quantitative estimate of drug-likeness (QED) is 0.607. The number of aryl methyl sites for hydroxylation is 2. The van der Waals surface area contributed by atoms with E-state index in [1.807, 2.05) is 38.1 Å². The third-order valence-electron chi connectivity index (χ3n) is 4.74. The average Bonchev–Trinajstić information content (AvgIpc) is 2.72. The Bertz CT molecular complexity index is 1180. The zero-order valence-electron chi connectivity index (χ0n) is 17.5. The van der Waals surface area contributed by atoms with Gasteiger partial charge >= 0.3 is 0 Å². The molecule has 2 N–H and O–H groups in total. The topological polar surface area (TPSA) is 93.1 Å². The van der Waals surface area contributed by atoms with E-state index in [1.54, 1.807) is 18.2 Å². The molecule has 1 aromatic heterocycles. The van der Waals surface area contributed by atoms with E-state index in [-0.39, 0.29) is 12.5 Å².